The first-order valence-electron chi connectivity index (χ1n) is 8.88. The molecule has 3 aromatic carbocycles. The second kappa shape index (κ2) is 8.74. The summed E-state index contributed by atoms with van der Waals surface area (Å²) < 4.78 is 5.83. The summed E-state index contributed by atoms with van der Waals surface area (Å²) in [7, 11) is 0. The number of thiazole rings is 1. The third-order valence-corrected chi connectivity index (χ3v) is 5.29. The fourth-order valence-corrected chi connectivity index (χ4v) is 3.64. The number of aromatic nitrogens is 1. The maximum absolute atomic E-state index is 9.56. The van der Waals surface area contributed by atoms with Crippen LogP contribution in [0.3, 0.4) is 0 Å². The van der Waals surface area contributed by atoms with Crippen molar-refractivity contribution in [3.63, 3.8) is 0 Å². The average molecular weight is 415 g/mol. The van der Waals surface area contributed by atoms with E-state index in [2.05, 4.69) is 11.1 Å². The number of rotatable bonds is 5. The number of nitrogens with zero attached hydrogens (tertiary/aromatic N) is 2. The summed E-state index contributed by atoms with van der Waals surface area (Å²) >= 11 is 7.37. The normalized spacial score (nSPS) is 11.1. The zero-order valence-corrected chi connectivity index (χ0v) is 16.8. The third-order valence-electron chi connectivity index (χ3n) is 4.17. The van der Waals surface area contributed by atoms with Gasteiger partial charge in [-0.25, -0.2) is 4.98 Å². The summed E-state index contributed by atoms with van der Waals surface area (Å²) in [5.41, 5.74) is 3.22. The molecule has 0 bridgehead atoms. The van der Waals surface area contributed by atoms with Crippen LogP contribution in [0.15, 0.2) is 84.2 Å². The van der Waals surface area contributed by atoms with Gasteiger partial charge in [0.05, 0.1) is 11.3 Å². The van der Waals surface area contributed by atoms with Crippen molar-refractivity contribution in [2.45, 2.75) is 0 Å². The van der Waals surface area contributed by atoms with Crippen molar-refractivity contribution in [2.24, 2.45) is 0 Å². The minimum absolute atomic E-state index is 0.521. The number of benzene rings is 3. The Kier molecular flexibility index (Phi) is 5.71. The van der Waals surface area contributed by atoms with Crippen LogP contribution >= 0.6 is 22.9 Å². The van der Waals surface area contributed by atoms with Crippen LogP contribution in [0.25, 0.3) is 22.9 Å². The molecule has 140 valence electrons. The Hall–Kier alpha value is -3.39. The molecule has 1 heterocycles. The Morgan fingerprint density at radius 1 is 0.931 bits per heavy atom. The summed E-state index contributed by atoms with van der Waals surface area (Å²) in [5.74, 6) is 1.55. The lowest BCUT2D eigenvalue weighted by Crippen LogP contribution is -1.85. The topological polar surface area (TPSA) is 45.9 Å². The maximum Gasteiger partial charge on any atom is 0.134 e. The number of ether oxygens (including phenoxy) is 1. The second-order valence-electron chi connectivity index (χ2n) is 6.20. The predicted octanol–water partition coefficient (Wildman–Crippen LogP) is 7.32. The van der Waals surface area contributed by atoms with E-state index in [0.717, 1.165) is 28.3 Å². The molecule has 5 heteroatoms. The quantitative estimate of drug-likeness (QED) is 0.321. The molecular formula is C24H15ClN2OS. The molecule has 0 aliphatic carbocycles. The van der Waals surface area contributed by atoms with Crippen LogP contribution in [0.5, 0.6) is 11.5 Å². The standard InChI is InChI=1S/C24H15ClN2OS/c25-20-10-6-17(7-11-20)14-19(15-26)24-27-23(16-29-24)18-8-12-22(13-9-18)28-21-4-2-1-3-5-21/h1-14,16H/b19-14+. The van der Waals surface area contributed by atoms with E-state index in [4.69, 9.17) is 16.3 Å². The Balaban J connectivity index is 1.53. The lowest BCUT2D eigenvalue weighted by atomic mass is 10.1. The van der Waals surface area contributed by atoms with Crippen LogP contribution < -0.4 is 4.74 Å². The van der Waals surface area contributed by atoms with Crippen molar-refractivity contribution in [2.75, 3.05) is 0 Å². The van der Waals surface area contributed by atoms with Crippen molar-refractivity contribution in [3.05, 3.63) is 99.8 Å². The van der Waals surface area contributed by atoms with E-state index in [-0.39, 0.29) is 0 Å². The van der Waals surface area contributed by atoms with Gasteiger partial charge >= 0.3 is 0 Å². The van der Waals surface area contributed by atoms with Gasteiger partial charge in [0.2, 0.25) is 0 Å². The molecule has 29 heavy (non-hydrogen) atoms. The van der Waals surface area contributed by atoms with E-state index in [1.165, 1.54) is 11.3 Å². The van der Waals surface area contributed by atoms with Gasteiger partial charge in [0.15, 0.2) is 0 Å². The van der Waals surface area contributed by atoms with Gasteiger partial charge < -0.3 is 4.74 Å². The third kappa shape index (κ3) is 4.72. The molecule has 1 aromatic heterocycles. The molecule has 4 rings (SSSR count). The molecule has 0 spiro atoms. The lowest BCUT2D eigenvalue weighted by molar-refractivity contribution is 0.483. The summed E-state index contributed by atoms with van der Waals surface area (Å²) in [6.07, 6.45) is 1.82. The van der Waals surface area contributed by atoms with Crippen LogP contribution in [0.4, 0.5) is 0 Å². The summed E-state index contributed by atoms with van der Waals surface area (Å²) in [5, 5.41) is 12.9. The van der Waals surface area contributed by atoms with E-state index in [1.807, 2.05) is 78.2 Å². The first-order valence-corrected chi connectivity index (χ1v) is 10.1. The van der Waals surface area contributed by atoms with E-state index in [1.54, 1.807) is 12.1 Å². The number of halogens is 1. The van der Waals surface area contributed by atoms with Crippen LogP contribution in [-0.4, -0.2) is 4.98 Å². The van der Waals surface area contributed by atoms with Crippen LogP contribution in [0.1, 0.15) is 10.6 Å². The highest BCUT2D eigenvalue weighted by Crippen LogP contribution is 2.29. The Bertz CT molecular complexity index is 1170. The molecule has 0 saturated carbocycles. The van der Waals surface area contributed by atoms with Gasteiger partial charge in [-0.1, -0.05) is 41.9 Å². The maximum atomic E-state index is 9.56. The van der Waals surface area contributed by atoms with Crippen LogP contribution in [0.2, 0.25) is 5.02 Å². The molecule has 0 radical (unpaired) electrons. The first kappa shape index (κ1) is 18.9. The largest absolute Gasteiger partial charge is 0.457 e. The smallest absolute Gasteiger partial charge is 0.134 e. The van der Waals surface area contributed by atoms with E-state index in [9.17, 15) is 5.26 Å². The fourth-order valence-electron chi connectivity index (χ4n) is 2.72. The number of hydrogen-bond acceptors (Lipinski definition) is 4. The minimum Gasteiger partial charge on any atom is -0.457 e. The van der Waals surface area contributed by atoms with Crippen molar-refractivity contribution >= 4 is 34.6 Å². The zero-order chi connectivity index (χ0) is 20.1. The zero-order valence-electron chi connectivity index (χ0n) is 15.2. The van der Waals surface area contributed by atoms with Gasteiger partial charge in [-0.2, -0.15) is 5.26 Å². The van der Waals surface area contributed by atoms with Crippen LogP contribution in [-0.2, 0) is 0 Å². The van der Waals surface area contributed by atoms with E-state index < -0.39 is 0 Å². The molecule has 0 unspecified atom stereocenters. The minimum atomic E-state index is 0.521. The average Bonchev–Trinajstić information content (AvgIpc) is 3.25. The molecule has 0 fully saturated rings. The molecular weight excluding hydrogens is 400 g/mol. The molecule has 0 aliphatic heterocycles. The SMILES string of the molecule is N#C/C(=C\c1ccc(Cl)cc1)c1nc(-c2ccc(Oc3ccccc3)cc2)cs1. The lowest BCUT2D eigenvalue weighted by Gasteiger charge is -2.05. The highest BCUT2D eigenvalue weighted by molar-refractivity contribution is 7.11. The van der Waals surface area contributed by atoms with Crippen LogP contribution in [0, 0.1) is 11.3 Å². The van der Waals surface area contributed by atoms with Gasteiger partial charge in [0.1, 0.15) is 22.6 Å². The molecule has 0 amide bonds. The summed E-state index contributed by atoms with van der Waals surface area (Å²) in [4.78, 5) is 4.64. The van der Waals surface area contributed by atoms with Gasteiger partial charge in [0.25, 0.3) is 0 Å². The van der Waals surface area contributed by atoms with Crippen molar-refractivity contribution in [3.8, 4) is 28.8 Å². The molecule has 4 aromatic rings. The number of para-hydroxylation sites is 1. The number of allylic oxidation sites excluding steroid dienone is 1. The van der Waals surface area contributed by atoms with E-state index in [0.29, 0.717) is 15.6 Å². The second-order valence-corrected chi connectivity index (χ2v) is 7.49. The van der Waals surface area contributed by atoms with Gasteiger partial charge in [0, 0.05) is 16.0 Å². The molecule has 0 saturated heterocycles. The first-order chi connectivity index (χ1) is 14.2. The van der Waals surface area contributed by atoms with Crippen molar-refractivity contribution in [1.29, 1.82) is 5.26 Å². The molecule has 0 aliphatic rings. The highest BCUT2D eigenvalue weighted by atomic mass is 35.5. The van der Waals surface area contributed by atoms with Gasteiger partial charge in [-0.3, -0.25) is 0 Å². The van der Waals surface area contributed by atoms with Gasteiger partial charge in [-0.15, -0.1) is 11.3 Å². The number of nitriles is 1. The van der Waals surface area contributed by atoms with Crippen molar-refractivity contribution < 1.29 is 4.74 Å². The Morgan fingerprint density at radius 3 is 2.31 bits per heavy atom. The van der Waals surface area contributed by atoms with Gasteiger partial charge in [-0.05, 0) is 60.2 Å². The molecule has 0 atom stereocenters. The summed E-state index contributed by atoms with van der Waals surface area (Å²) in [6, 6.07) is 27.0. The Morgan fingerprint density at radius 2 is 1.62 bits per heavy atom. The van der Waals surface area contributed by atoms with Crippen molar-refractivity contribution in [1.82, 2.24) is 4.98 Å². The fraction of sp³-hybridized carbons (Fsp3) is 0. The molecule has 0 N–H and O–H groups in total. The number of hydrogen-bond donors (Lipinski definition) is 0. The monoisotopic (exact) mass is 414 g/mol. The highest BCUT2D eigenvalue weighted by Gasteiger charge is 2.09. The predicted molar refractivity (Wildman–Crippen MR) is 119 cm³/mol. The molecule has 3 nitrogen and oxygen atoms in total. The summed E-state index contributed by atoms with van der Waals surface area (Å²) in [6.45, 7) is 0. The Labute approximate surface area is 178 Å². The van der Waals surface area contributed by atoms with E-state index >= 15 is 0 Å².